The van der Waals surface area contributed by atoms with E-state index in [0.29, 0.717) is 30.9 Å². The molecule has 4 N–H and O–H groups in total. The smallest absolute Gasteiger partial charge is 0.332 e. The van der Waals surface area contributed by atoms with Crippen LogP contribution in [0.5, 0.6) is 0 Å². The van der Waals surface area contributed by atoms with E-state index in [9.17, 15) is 9.59 Å². The Bertz CT molecular complexity index is 1180. The number of pyridine rings is 1. The monoisotopic (exact) mass is 518 g/mol. The minimum atomic E-state index is 0.0342. The maximum atomic E-state index is 13.0. The second kappa shape index (κ2) is 12.7. The molecule has 0 atom stereocenters. The molecule has 1 fully saturated rings. The van der Waals surface area contributed by atoms with Gasteiger partial charge in [0.05, 0.1) is 11.8 Å². The summed E-state index contributed by atoms with van der Waals surface area (Å²) < 4.78 is 0. The summed E-state index contributed by atoms with van der Waals surface area (Å²) in [5.74, 6) is 1.14. The predicted molar refractivity (Wildman–Crippen MR) is 151 cm³/mol. The van der Waals surface area contributed by atoms with Crippen molar-refractivity contribution in [2.24, 2.45) is 10.7 Å². The number of carbonyl (C=O) groups is 2. The van der Waals surface area contributed by atoms with Crippen molar-refractivity contribution in [1.82, 2.24) is 14.7 Å². The van der Waals surface area contributed by atoms with Gasteiger partial charge in [-0.05, 0) is 92.8 Å². The molecule has 1 aromatic heterocycles. The van der Waals surface area contributed by atoms with Gasteiger partial charge in [0.1, 0.15) is 0 Å². The Labute approximate surface area is 225 Å². The maximum absolute atomic E-state index is 13.0. The highest BCUT2D eigenvalue weighted by Gasteiger charge is 2.25. The largest absolute Gasteiger partial charge is 0.348 e. The summed E-state index contributed by atoms with van der Waals surface area (Å²) in [6.45, 7) is 5.36. The Morgan fingerprint density at radius 1 is 1.16 bits per heavy atom. The highest BCUT2D eigenvalue weighted by molar-refractivity contribution is 5.97. The van der Waals surface area contributed by atoms with E-state index in [1.54, 1.807) is 0 Å². The van der Waals surface area contributed by atoms with Gasteiger partial charge in [-0.1, -0.05) is 13.0 Å². The first-order valence-corrected chi connectivity index (χ1v) is 13.5. The molecule has 0 bridgehead atoms. The maximum Gasteiger partial charge on any atom is 0.332 e. The first-order valence-electron chi connectivity index (χ1n) is 13.5. The molecule has 3 heterocycles. The first kappa shape index (κ1) is 27.3. The third-order valence-corrected chi connectivity index (χ3v) is 7.40. The van der Waals surface area contributed by atoms with Gasteiger partial charge in [-0.25, -0.2) is 4.98 Å². The molecule has 4 rings (SSSR count). The average Bonchev–Trinajstić information content (AvgIpc) is 2.93. The molecule has 38 heavy (non-hydrogen) atoms. The van der Waals surface area contributed by atoms with E-state index >= 15 is 0 Å². The molecule has 9 nitrogen and oxygen atoms in total. The van der Waals surface area contributed by atoms with Gasteiger partial charge >= 0.3 is 11.8 Å². The fourth-order valence-corrected chi connectivity index (χ4v) is 5.04. The lowest BCUT2D eigenvalue weighted by Gasteiger charge is -2.35. The minimum Gasteiger partial charge on any atom is -0.348 e. The van der Waals surface area contributed by atoms with Crippen LogP contribution in [-0.4, -0.2) is 78.8 Å². The van der Waals surface area contributed by atoms with Crippen LogP contribution in [0.4, 0.5) is 11.5 Å². The van der Waals surface area contributed by atoms with Crippen LogP contribution >= 0.6 is 0 Å². The van der Waals surface area contributed by atoms with Crippen molar-refractivity contribution in [3.63, 3.8) is 0 Å². The molecule has 2 amide bonds. The third-order valence-electron chi connectivity index (χ3n) is 7.40. The van der Waals surface area contributed by atoms with E-state index in [4.69, 9.17) is 5.73 Å². The van der Waals surface area contributed by atoms with Crippen molar-refractivity contribution in [2.45, 2.75) is 45.1 Å². The van der Waals surface area contributed by atoms with Gasteiger partial charge < -0.3 is 25.8 Å². The summed E-state index contributed by atoms with van der Waals surface area (Å²) in [6.07, 6.45) is 8.12. The van der Waals surface area contributed by atoms with Gasteiger partial charge in [0.2, 0.25) is 5.91 Å². The van der Waals surface area contributed by atoms with Gasteiger partial charge in [0.15, 0.2) is 0 Å². The molecule has 2 aliphatic heterocycles. The van der Waals surface area contributed by atoms with Gasteiger partial charge in [-0.3, -0.25) is 9.59 Å². The Morgan fingerprint density at radius 2 is 1.89 bits per heavy atom. The quantitative estimate of drug-likeness (QED) is 0.432. The zero-order valence-electron chi connectivity index (χ0n) is 22.7. The molecule has 2 aliphatic rings. The fourth-order valence-electron chi connectivity index (χ4n) is 5.04. The zero-order chi connectivity index (χ0) is 27.1. The number of rotatable bonds is 7. The van der Waals surface area contributed by atoms with Crippen molar-refractivity contribution in [3.8, 4) is 0 Å². The standard InChI is InChI=1S/C29H39N7O2/c1-4-6-26(37)36-19-12-21(13-20-36)25-7-5-16-31-27(25)33-29(30)32-23-10-8-22(9-11-23)28(38)35(3)24-14-17-34(2)18-15-24/h5,7-12,16,24H,4,6,13-15,17-20H2,1-3H3,(H3,30,31,32,33)/p+1. The van der Waals surface area contributed by atoms with Crippen molar-refractivity contribution >= 4 is 34.9 Å². The Morgan fingerprint density at radius 3 is 2.55 bits per heavy atom. The van der Waals surface area contributed by atoms with Gasteiger partial charge in [-0.2, -0.15) is 0 Å². The summed E-state index contributed by atoms with van der Waals surface area (Å²) >= 11 is 0. The van der Waals surface area contributed by atoms with Crippen molar-refractivity contribution in [1.29, 1.82) is 0 Å². The molecule has 0 unspecified atom stereocenters. The molecule has 202 valence electrons. The topological polar surface area (TPSA) is 108 Å². The number of aromatic amines is 1. The Hall–Kier alpha value is -3.72. The number of amides is 2. The molecule has 2 aromatic rings. The first-order chi connectivity index (χ1) is 18.4. The number of nitrogens with zero attached hydrogens (tertiary/aromatic N) is 4. The van der Waals surface area contributed by atoms with Crippen LogP contribution in [0.1, 0.15) is 54.9 Å². The molecule has 0 radical (unpaired) electrons. The molecule has 9 heteroatoms. The number of anilines is 1. The Kier molecular flexibility index (Phi) is 9.12. The summed E-state index contributed by atoms with van der Waals surface area (Å²) in [4.78, 5) is 39.1. The molecular weight excluding hydrogens is 478 g/mol. The van der Waals surface area contributed by atoms with Gasteiger partial charge in [-0.15, -0.1) is 0 Å². The minimum absolute atomic E-state index is 0.0342. The summed E-state index contributed by atoms with van der Waals surface area (Å²) in [5.41, 5.74) is 9.78. The van der Waals surface area contributed by atoms with Crippen LogP contribution in [0.2, 0.25) is 0 Å². The van der Waals surface area contributed by atoms with Crippen LogP contribution in [-0.2, 0) is 4.79 Å². The van der Waals surface area contributed by atoms with E-state index in [0.717, 1.165) is 55.6 Å². The molecular formula is C29H40N7O2+. The third kappa shape index (κ3) is 6.77. The van der Waals surface area contributed by atoms with Gasteiger partial charge in [0, 0.05) is 43.9 Å². The number of hydrogen-bond donors (Lipinski definition) is 2. The van der Waals surface area contributed by atoms with E-state index < -0.39 is 0 Å². The number of aliphatic imine (C=N–C) groups is 1. The fraction of sp³-hybridized carbons (Fsp3) is 0.448. The Balaban J connectivity index is 1.40. The number of aromatic nitrogens is 1. The summed E-state index contributed by atoms with van der Waals surface area (Å²) in [6, 6.07) is 11.6. The highest BCUT2D eigenvalue weighted by Crippen LogP contribution is 2.28. The van der Waals surface area contributed by atoms with E-state index in [1.807, 2.05) is 66.4 Å². The number of H-pyrrole nitrogens is 1. The predicted octanol–water partition coefficient (Wildman–Crippen LogP) is 3.14. The lowest BCUT2D eigenvalue weighted by atomic mass is 10.00. The van der Waals surface area contributed by atoms with Gasteiger partial charge in [0.25, 0.3) is 5.91 Å². The highest BCUT2D eigenvalue weighted by atomic mass is 16.2. The number of likely N-dealkylation sites (tertiary alicyclic amines) is 1. The van der Waals surface area contributed by atoms with Crippen LogP contribution in [0.25, 0.3) is 5.57 Å². The number of nitrogens with two attached hydrogens (primary N) is 1. The summed E-state index contributed by atoms with van der Waals surface area (Å²) in [5, 5.41) is 3.13. The number of nitrogens with one attached hydrogen (secondary N) is 2. The SMILES string of the molecule is CCCC(=O)N1CC=C(c2ccc[nH+]c2/N=C(\N)Nc2ccc(C(=O)N(C)C3CCN(C)CC3)cc2)CC1. The number of piperidine rings is 1. The molecule has 0 aliphatic carbocycles. The number of benzene rings is 1. The number of guanidine groups is 1. The zero-order valence-corrected chi connectivity index (χ0v) is 22.7. The molecule has 1 saturated heterocycles. The molecule has 1 aromatic carbocycles. The molecule has 0 spiro atoms. The van der Waals surface area contributed by atoms with Crippen LogP contribution in [0.3, 0.4) is 0 Å². The van der Waals surface area contributed by atoms with E-state index in [2.05, 4.69) is 33.3 Å². The number of carbonyl (C=O) groups excluding carboxylic acids is 2. The van der Waals surface area contributed by atoms with Crippen LogP contribution in [0.15, 0.2) is 53.7 Å². The van der Waals surface area contributed by atoms with Crippen molar-refractivity contribution in [2.75, 3.05) is 45.6 Å². The average molecular weight is 519 g/mol. The summed E-state index contributed by atoms with van der Waals surface area (Å²) in [7, 11) is 4.01. The van der Waals surface area contributed by atoms with Crippen molar-refractivity contribution < 1.29 is 14.6 Å². The van der Waals surface area contributed by atoms with Crippen LogP contribution < -0.4 is 16.0 Å². The lowest BCUT2D eigenvalue weighted by molar-refractivity contribution is -0.362. The van der Waals surface area contributed by atoms with E-state index in [-0.39, 0.29) is 23.8 Å². The second-order valence-corrected chi connectivity index (χ2v) is 10.2. The normalized spacial score (nSPS) is 17.2. The molecule has 0 saturated carbocycles. The van der Waals surface area contributed by atoms with Crippen molar-refractivity contribution in [3.05, 3.63) is 59.8 Å². The second-order valence-electron chi connectivity index (χ2n) is 10.2. The van der Waals surface area contributed by atoms with Crippen LogP contribution in [0, 0.1) is 0 Å². The number of hydrogen-bond acceptors (Lipinski definition) is 4. The lowest BCUT2D eigenvalue weighted by Crippen LogP contribution is -2.44. The van der Waals surface area contributed by atoms with E-state index in [1.165, 1.54) is 0 Å².